The van der Waals surface area contributed by atoms with E-state index in [1.165, 1.54) is 21.9 Å². The quantitative estimate of drug-likeness (QED) is 0.273. The maximum atomic E-state index is 8.74. The van der Waals surface area contributed by atoms with Crippen LogP contribution in [-0.2, 0) is 0 Å². The van der Waals surface area contributed by atoms with Crippen molar-refractivity contribution < 1.29 is 0 Å². The van der Waals surface area contributed by atoms with Gasteiger partial charge in [-0.3, -0.25) is 5.41 Å². The molecule has 0 aliphatic heterocycles. The van der Waals surface area contributed by atoms with Gasteiger partial charge in [-0.15, -0.1) is 0 Å². The highest BCUT2D eigenvalue weighted by Gasteiger charge is 2.19. The molecule has 3 aromatic carbocycles. The van der Waals surface area contributed by atoms with Crippen LogP contribution >= 0.6 is 31.9 Å². The van der Waals surface area contributed by atoms with E-state index in [0.717, 1.165) is 20.3 Å². The molecule has 4 rings (SSSR count). The molecule has 0 aromatic heterocycles. The second-order valence-electron chi connectivity index (χ2n) is 6.31. The van der Waals surface area contributed by atoms with Crippen molar-refractivity contribution in [2.24, 2.45) is 0 Å². The molecule has 26 heavy (non-hydrogen) atoms. The monoisotopic (exact) mass is 469 g/mol. The van der Waals surface area contributed by atoms with Crippen molar-refractivity contribution in [2.45, 2.75) is 0 Å². The molecule has 3 nitrogen and oxygen atoms in total. The lowest BCUT2D eigenvalue weighted by molar-refractivity contribution is 1.12. The van der Waals surface area contributed by atoms with Crippen molar-refractivity contribution >= 4 is 72.1 Å². The minimum absolute atomic E-state index is 0.399. The Hall–Kier alpha value is -2.11. The zero-order valence-corrected chi connectivity index (χ0v) is 17.6. The average molecular weight is 471 g/mol. The van der Waals surface area contributed by atoms with E-state index in [1.807, 2.05) is 42.1 Å². The van der Waals surface area contributed by atoms with E-state index in [2.05, 4.69) is 74.3 Å². The van der Waals surface area contributed by atoms with Crippen LogP contribution in [0.5, 0.6) is 0 Å². The summed E-state index contributed by atoms with van der Waals surface area (Å²) in [6.07, 6.45) is 4.30. The normalized spacial score (nSPS) is 11.8. The summed E-state index contributed by atoms with van der Waals surface area (Å²) in [5.74, 6) is 0.399. The van der Waals surface area contributed by atoms with Gasteiger partial charge in [0.15, 0.2) is 0 Å². The number of rotatable bonds is 2. The van der Waals surface area contributed by atoms with E-state index in [9.17, 15) is 0 Å². The van der Waals surface area contributed by atoms with Gasteiger partial charge in [0.2, 0.25) is 5.96 Å². The minimum Gasteiger partial charge on any atom is -0.315 e. The van der Waals surface area contributed by atoms with E-state index in [0.29, 0.717) is 5.96 Å². The number of guanidine groups is 1. The van der Waals surface area contributed by atoms with Crippen LogP contribution in [0.3, 0.4) is 0 Å². The van der Waals surface area contributed by atoms with Gasteiger partial charge < -0.3 is 9.80 Å². The van der Waals surface area contributed by atoms with Gasteiger partial charge in [0, 0.05) is 28.4 Å². The van der Waals surface area contributed by atoms with Crippen LogP contribution in [0.4, 0.5) is 11.4 Å². The van der Waals surface area contributed by atoms with Gasteiger partial charge in [-0.25, -0.2) is 0 Å². The number of hydrogen-bond acceptors (Lipinski definition) is 1. The summed E-state index contributed by atoms with van der Waals surface area (Å²) >= 11 is 7.10. The Bertz CT molecular complexity index is 1060. The summed E-state index contributed by atoms with van der Waals surface area (Å²) in [6.45, 7) is 0. The van der Waals surface area contributed by atoms with Crippen molar-refractivity contribution in [3.8, 4) is 0 Å². The molecule has 0 fully saturated rings. The third kappa shape index (κ3) is 2.75. The second kappa shape index (κ2) is 6.56. The molecular weight excluding hydrogens is 454 g/mol. The highest BCUT2D eigenvalue weighted by Crippen LogP contribution is 2.37. The van der Waals surface area contributed by atoms with Crippen LogP contribution in [0.15, 0.2) is 57.5 Å². The molecule has 0 atom stereocenters. The zero-order chi connectivity index (χ0) is 18.4. The number of nitrogens with one attached hydrogen (secondary N) is 1. The van der Waals surface area contributed by atoms with E-state index in [-0.39, 0.29) is 0 Å². The molecule has 1 aliphatic carbocycles. The fourth-order valence-corrected chi connectivity index (χ4v) is 4.26. The predicted octanol–water partition coefficient (Wildman–Crippen LogP) is 6.36. The first-order chi connectivity index (χ1) is 12.5. The highest BCUT2D eigenvalue weighted by molar-refractivity contribution is 9.11. The molecule has 0 heterocycles. The summed E-state index contributed by atoms with van der Waals surface area (Å²) in [5, 5.41) is 11.2. The van der Waals surface area contributed by atoms with Crippen molar-refractivity contribution in [3.05, 3.63) is 68.6 Å². The number of anilines is 2. The number of benzene rings is 3. The zero-order valence-electron chi connectivity index (χ0n) is 14.4. The second-order valence-corrected chi connectivity index (χ2v) is 8.08. The van der Waals surface area contributed by atoms with Gasteiger partial charge in [0.1, 0.15) is 0 Å². The Kier molecular flexibility index (Phi) is 4.37. The lowest BCUT2D eigenvalue weighted by Crippen LogP contribution is -2.40. The number of nitrogens with zero attached hydrogens (tertiary/aromatic N) is 2. The van der Waals surface area contributed by atoms with Crippen molar-refractivity contribution in [1.29, 1.82) is 5.41 Å². The lowest BCUT2D eigenvalue weighted by Gasteiger charge is -2.30. The third-order valence-corrected chi connectivity index (χ3v) is 5.95. The smallest absolute Gasteiger partial charge is 0.202 e. The fourth-order valence-electron chi connectivity index (χ4n) is 3.39. The topological polar surface area (TPSA) is 30.3 Å². The van der Waals surface area contributed by atoms with Crippen molar-refractivity contribution in [2.75, 3.05) is 23.9 Å². The third-order valence-electron chi connectivity index (χ3n) is 4.79. The molecule has 130 valence electrons. The molecule has 3 aromatic rings. The molecular formula is C21H17Br2N3. The maximum absolute atomic E-state index is 8.74. The van der Waals surface area contributed by atoms with E-state index < -0.39 is 0 Å². The molecule has 0 saturated heterocycles. The maximum Gasteiger partial charge on any atom is 0.202 e. The molecule has 1 aliphatic rings. The van der Waals surface area contributed by atoms with Crippen molar-refractivity contribution in [1.82, 2.24) is 0 Å². The average Bonchev–Trinajstić information content (AvgIpc) is 3.07. The Morgan fingerprint density at radius 3 is 2.31 bits per heavy atom. The summed E-state index contributed by atoms with van der Waals surface area (Å²) in [7, 11) is 3.85. The van der Waals surface area contributed by atoms with Crippen LogP contribution in [0.1, 0.15) is 11.1 Å². The fraction of sp³-hybridized carbons (Fsp3) is 0.0952. The van der Waals surface area contributed by atoms with Crippen LogP contribution in [0.25, 0.3) is 22.9 Å². The Labute approximate surface area is 169 Å². The molecule has 5 heteroatoms. The molecule has 0 unspecified atom stereocenters. The van der Waals surface area contributed by atoms with Gasteiger partial charge >= 0.3 is 0 Å². The standard InChI is InChI=1S/C21H17Br2N3/c1-25(21(24)26(2)19-12-15(22)9-10-17(19)23)18-11-8-14-7-6-13-4-3-5-16(18)20(13)14/h3-12,24H,1-2H3. The largest absolute Gasteiger partial charge is 0.315 e. The van der Waals surface area contributed by atoms with Crippen LogP contribution in [0.2, 0.25) is 0 Å². The molecule has 0 radical (unpaired) electrons. The van der Waals surface area contributed by atoms with Crippen LogP contribution in [0, 0.1) is 5.41 Å². The Morgan fingerprint density at radius 1 is 0.846 bits per heavy atom. The minimum atomic E-state index is 0.399. The molecule has 1 N–H and O–H groups in total. The van der Waals surface area contributed by atoms with Gasteiger partial charge in [0.05, 0.1) is 11.4 Å². The first-order valence-corrected chi connectivity index (χ1v) is 9.81. The highest BCUT2D eigenvalue weighted by atomic mass is 79.9. The Morgan fingerprint density at radius 2 is 1.54 bits per heavy atom. The van der Waals surface area contributed by atoms with E-state index in [4.69, 9.17) is 5.41 Å². The molecule has 0 saturated carbocycles. The summed E-state index contributed by atoms with van der Waals surface area (Å²) < 4.78 is 1.93. The van der Waals surface area contributed by atoms with E-state index >= 15 is 0 Å². The first kappa shape index (κ1) is 17.3. The SMILES string of the molecule is CN(C(=N)N(C)c1ccc2c3c(cccc13)C=C2)c1cc(Br)ccc1Br. The lowest BCUT2D eigenvalue weighted by atomic mass is 10.0. The number of hydrogen-bond donors (Lipinski definition) is 1. The molecule has 0 amide bonds. The first-order valence-electron chi connectivity index (χ1n) is 8.22. The summed E-state index contributed by atoms with van der Waals surface area (Å²) in [4.78, 5) is 3.80. The van der Waals surface area contributed by atoms with Gasteiger partial charge in [-0.2, -0.15) is 0 Å². The molecule has 0 bridgehead atoms. The van der Waals surface area contributed by atoms with Crippen molar-refractivity contribution in [3.63, 3.8) is 0 Å². The van der Waals surface area contributed by atoms with Gasteiger partial charge in [-0.05, 0) is 56.7 Å². The van der Waals surface area contributed by atoms with Crippen LogP contribution in [-0.4, -0.2) is 20.1 Å². The number of halogens is 2. The summed E-state index contributed by atoms with van der Waals surface area (Å²) in [5.41, 5.74) is 4.44. The molecule has 0 spiro atoms. The van der Waals surface area contributed by atoms with Gasteiger partial charge in [0.25, 0.3) is 0 Å². The Balaban J connectivity index is 1.75. The van der Waals surface area contributed by atoms with Gasteiger partial charge in [-0.1, -0.05) is 52.3 Å². The summed E-state index contributed by atoms with van der Waals surface area (Å²) in [6, 6.07) is 16.5. The van der Waals surface area contributed by atoms with E-state index in [1.54, 1.807) is 0 Å². The predicted molar refractivity (Wildman–Crippen MR) is 119 cm³/mol. The van der Waals surface area contributed by atoms with Crippen LogP contribution < -0.4 is 9.80 Å².